The molecule has 3 aromatic carbocycles. The number of carbonyl (C=O) groups is 2. The number of halogens is 2. The highest BCUT2D eigenvalue weighted by molar-refractivity contribution is 7.92. The van der Waals surface area contributed by atoms with E-state index in [1.807, 2.05) is 4.90 Å². The minimum absolute atomic E-state index is 0.0414. The fourth-order valence-electron chi connectivity index (χ4n) is 5.08. The Balaban J connectivity index is 1.52. The topological polar surface area (TPSA) is 179 Å². The van der Waals surface area contributed by atoms with E-state index in [9.17, 15) is 26.4 Å². The number of hydrogen-bond donors (Lipinski definition) is 3. The van der Waals surface area contributed by atoms with Crippen molar-refractivity contribution in [3.63, 3.8) is 0 Å². The van der Waals surface area contributed by atoms with Gasteiger partial charge in [0.05, 0.1) is 22.4 Å². The fourth-order valence-corrected chi connectivity index (χ4v) is 7.53. The van der Waals surface area contributed by atoms with Crippen LogP contribution in [-0.4, -0.2) is 104 Å². The van der Waals surface area contributed by atoms with Crippen molar-refractivity contribution >= 4 is 72.1 Å². The smallest absolute Gasteiger partial charge is 0.257 e. The van der Waals surface area contributed by atoms with Crippen LogP contribution in [-0.2, 0) is 20.0 Å². The minimum Gasteiger partial charge on any atom is -0.369 e. The van der Waals surface area contributed by atoms with Gasteiger partial charge < -0.3 is 26.6 Å². The molecular formula is C30H37Cl2N7O6S2. The largest absolute Gasteiger partial charge is 0.369 e. The lowest BCUT2D eigenvalue weighted by atomic mass is 10.1. The summed E-state index contributed by atoms with van der Waals surface area (Å²) in [7, 11) is -6.32. The van der Waals surface area contributed by atoms with E-state index in [-0.39, 0.29) is 66.7 Å². The Bertz CT molecular complexity index is 1810. The molecule has 17 heteroatoms. The summed E-state index contributed by atoms with van der Waals surface area (Å²) < 4.78 is 53.9. The molecule has 0 saturated carbocycles. The van der Waals surface area contributed by atoms with Gasteiger partial charge in [-0.05, 0) is 60.7 Å². The van der Waals surface area contributed by atoms with Crippen LogP contribution in [0.4, 0.5) is 17.1 Å². The molecule has 0 unspecified atom stereocenters. The van der Waals surface area contributed by atoms with E-state index in [4.69, 9.17) is 34.7 Å². The standard InChI is InChI=1S/C30H37Cl2N7O6S2/c1-36(46(2,42)43)28-8-3-21(30(41)38(11-9-33)12-10-34)17-27(28)29(40)35-24-4-6-26(7-5-24)47(44,45)39-15-13-37(14-16-39)25-19-22(31)18-23(32)20-25/h3-8,17-20H,9-16,33-34H2,1-2H3,(H,35,40). The van der Waals surface area contributed by atoms with E-state index in [2.05, 4.69) is 5.32 Å². The summed E-state index contributed by atoms with van der Waals surface area (Å²) in [6.45, 7) is 2.24. The van der Waals surface area contributed by atoms with Gasteiger partial charge in [-0.1, -0.05) is 23.2 Å². The van der Waals surface area contributed by atoms with E-state index in [1.54, 1.807) is 18.2 Å². The van der Waals surface area contributed by atoms with E-state index in [0.717, 1.165) is 16.2 Å². The maximum atomic E-state index is 13.5. The van der Waals surface area contributed by atoms with E-state index in [1.165, 1.54) is 58.7 Å². The number of nitrogens with two attached hydrogens (primary N) is 2. The highest BCUT2D eigenvalue weighted by Gasteiger charge is 2.29. The third-order valence-corrected chi connectivity index (χ3v) is 11.2. The molecule has 1 aliphatic rings. The van der Waals surface area contributed by atoms with Crippen molar-refractivity contribution in [3.05, 3.63) is 81.8 Å². The van der Waals surface area contributed by atoms with Crippen LogP contribution in [0.1, 0.15) is 20.7 Å². The summed E-state index contributed by atoms with van der Waals surface area (Å²) in [5.41, 5.74) is 12.5. The Morgan fingerprint density at radius 1 is 0.851 bits per heavy atom. The zero-order valence-corrected chi connectivity index (χ0v) is 29.0. The third-order valence-electron chi connectivity index (χ3n) is 7.61. The van der Waals surface area contributed by atoms with Gasteiger partial charge in [0.25, 0.3) is 11.8 Å². The van der Waals surface area contributed by atoms with Crippen LogP contribution in [0.25, 0.3) is 0 Å². The molecule has 1 heterocycles. The molecule has 0 radical (unpaired) electrons. The zero-order valence-electron chi connectivity index (χ0n) is 25.9. The van der Waals surface area contributed by atoms with Gasteiger partial charge in [0.15, 0.2) is 0 Å². The van der Waals surface area contributed by atoms with Crippen LogP contribution in [0.3, 0.4) is 0 Å². The molecule has 13 nitrogen and oxygen atoms in total. The summed E-state index contributed by atoms with van der Waals surface area (Å²) in [6, 6.07) is 14.9. The number of hydrogen-bond acceptors (Lipinski definition) is 9. The highest BCUT2D eigenvalue weighted by Crippen LogP contribution is 2.29. The van der Waals surface area contributed by atoms with Gasteiger partial charge in [0.1, 0.15) is 0 Å². The molecule has 0 spiro atoms. The second-order valence-corrected chi connectivity index (χ2v) is 15.7. The monoisotopic (exact) mass is 725 g/mol. The van der Waals surface area contributed by atoms with Crippen LogP contribution in [0.2, 0.25) is 10.0 Å². The molecule has 47 heavy (non-hydrogen) atoms. The van der Waals surface area contributed by atoms with Gasteiger partial charge in [0.2, 0.25) is 20.0 Å². The number of anilines is 3. The van der Waals surface area contributed by atoms with Crippen molar-refractivity contribution in [2.45, 2.75) is 4.90 Å². The molecule has 5 N–H and O–H groups in total. The first kappa shape index (κ1) is 36.4. The molecule has 3 aromatic rings. The fraction of sp³-hybridized carbons (Fsp3) is 0.333. The molecule has 0 aromatic heterocycles. The molecule has 4 rings (SSSR count). The number of carbonyl (C=O) groups excluding carboxylic acids is 2. The zero-order chi connectivity index (χ0) is 34.5. The van der Waals surface area contributed by atoms with Crippen molar-refractivity contribution < 1.29 is 26.4 Å². The molecule has 0 bridgehead atoms. The first-order valence-electron chi connectivity index (χ1n) is 14.6. The lowest BCUT2D eigenvalue weighted by Gasteiger charge is -2.35. The highest BCUT2D eigenvalue weighted by atomic mass is 35.5. The number of rotatable bonds is 12. The lowest BCUT2D eigenvalue weighted by molar-refractivity contribution is 0.0765. The summed E-state index contributed by atoms with van der Waals surface area (Å²) in [4.78, 5) is 30.2. The van der Waals surface area contributed by atoms with Crippen molar-refractivity contribution in [2.24, 2.45) is 11.5 Å². The molecule has 2 amide bonds. The van der Waals surface area contributed by atoms with Crippen molar-refractivity contribution in [2.75, 3.05) is 80.2 Å². The van der Waals surface area contributed by atoms with Crippen molar-refractivity contribution in [1.29, 1.82) is 0 Å². The molecule has 1 saturated heterocycles. The van der Waals surface area contributed by atoms with Gasteiger partial charge in [-0.3, -0.25) is 13.9 Å². The second kappa shape index (κ2) is 15.2. The normalized spacial score (nSPS) is 14.1. The van der Waals surface area contributed by atoms with Crippen LogP contribution in [0, 0.1) is 0 Å². The molecule has 1 fully saturated rings. The SMILES string of the molecule is CN(c1ccc(C(=O)N(CCN)CCN)cc1C(=O)Nc1ccc(S(=O)(=O)N2CCN(c3cc(Cl)cc(Cl)c3)CC2)cc1)S(C)(=O)=O. The Hall–Kier alpha value is -3.44. The van der Waals surface area contributed by atoms with E-state index in [0.29, 0.717) is 23.1 Å². The molecule has 0 aliphatic carbocycles. The van der Waals surface area contributed by atoms with Crippen molar-refractivity contribution in [3.8, 4) is 0 Å². The second-order valence-electron chi connectivity index (χ2n) is 10.8. The number of nitrogens with one attached hydrogen (secondary N) is 1. The van der Waals surface area contributed by atoms with E-state index >= 15 is 0 Å². The maximum Gasteiger partial charge on any atom is 0.257 e. The predicted molar refractivity (Wildman–Crippen MR) is 186 cm³/mol. The predicted octanol–water partition coefficient (Wildman–Crippen LogP) is 2.51. The summed E-state index contributed by atoms with van der Waals surface area (Å²) in [5.74, 6) is -1.13. The number of sulfonamides is 2. The van der Waals surface area contributed by atoms with E-state index < -0.39 is 31.9 Å². The van der Waals surface area contributed by atoms with Gasteiger partial charge >= 0.3 is 0 Å². The molecule has 254 valence electrons. The van der Waals surface area contributed by atoms with Crippen molar-refractivity contribution in [1.82, 2.24) is 9.21 Å². The van der Waals surface area contributed by atoms with Gasteiger partial charge in [-0.2, -0.15) is 4.31 Å². The Labute approximate surface area is 285 Å². The summed E-state index contributed by atoms with van der Waals surface area (Å²) >= 11 is 12.3. The number of piperazine rings is 1. The average molecular weight is 727 g/mol. The Morgan fingerprint density at radius 3 is 1.96 bits per heavy atom. The quantitative estimate of drug-likeness (QED) is 0.253. The van der Waals surface area contributed by atoms with Crippen LogP contribution in [0.5, 0.6) is 0 Å². The van der Waals surface area contributed by atoms with Gasteiger partial charge in [-0.25, -0.2) is 16.8 Å². The lowest BCUT2D eigenvalue weighted by Crippen LogP contribution is -2.48. The first-order valence-corrected chi connectivity index (χ1v) is 18.6. The van der Waals surface area contributed by atoms with Crippen LogP contribution < -0.4 is 26.0 Å². The number of nitrogens with zero attached hydrogens (tertiary/aromatic N) is 4. The van der Waals surface area contributed by atoms with Gasteiger partial charge in [0, 0.05) is 86.4 Å². The summed E-state index contributed by atoms with van der Waals surface area (Å²) in [5, 5.41) is 3.66. The van der Waals surface area contributed by atoms with Crippen LogP contribution >= 0.6 is 23.2 Å². The average Bonchev–Trinajstić information content (AvgIpc) is 3.03. The van der Waals surface area contributed by atoms with Gasteiger partial charge in [-0.15, -0.1) is 0 Å². The first-order chi connectivity index (χ1) is 22.1. The third kappa shape index (κ3) is 8.73. The Kier molecular flexibility index (Phi) is 11.8. The number of amides is 2. The minimum atomic E-state index is -3.84. The summed E-state index contributed by atoms with van der Waals surface area (Å²) in [6.07, 6.45) is 0.990. The molecule has 1 aliphatic heterocycles. The molecular weight excluding hydrogens is 689 g/mol. The Morgan fingerprint density at radius 2 is 1.43 bits per heavy atom. The molecule has 0 atom stereocenters. The maximum absolute atomic E-state index is 13.5. The number of benzene rings is 3. The van der Waals surface area contributed by atoms with Crippen LogP contribution in [0.15, 0.2) is 65.6 Å².